The van der Waals surface area contributed by atoms with Crippen LogP contribution in [0, 0.1) is 11.8 Å². The molecule has 0 spiro atoms. The van der Waals surface area contributed by atoms with Crippen molar-refractivity contribution in [1.29, 1.82) is 0 Å². The van der Waals surface area contributed by atoms with Gasteiger partial charge >= 0.3 is 12.2 Å². The quantitative estimate of drug-likeness (QED) is 0.0863. The smallest absolute Gasteiger partial charge is 0.410 e. The van der Waals surface area contributed by atoms with Crippen LogP contribution in [0.3, 0.4) is 0 Å². The molecule has 1 aliphatic heterocycles. The van der Waals surface area contributed by atoms with Crippen LogP contribution >= 0.6 is 0 Å². The Hall–Kier alpha value is -6.52. The maximum Gasteiger partial charge on any atom is 0.410 e. The fourth-order valence-corrected chi connectivity index (χ4v) is 7.92. The van der Waals surface area contributed by atoms with Crippen molar-refractivity contribution in [2.24, 2.45) is 11.8 Å². The van der Waals surface area contributed by atoms with E-state index in [2.05, 4.69) is 41.9 Å². The van der Waals surface area contributed by atoms with E-state index in [0.717, 1.165) is 35.1 Å². The van der Waals surface area contributed by atoms with Crippen molar-refractivity contribution in [2.45, 2.75) is 117 Å². The van der Waals surface area contributed by atoms with E-state index in [4.69, 9.17) is 14.2 Å². The number of benzene rings is 3. The largest absolute Gasteiger partial charge is 0.493 e. The van der Waals surface area contributed by atoms with Crippen LogP contribution in [-0.4, -0.2) is 105 Å². The lowest BCUT2D eigenvalue weighted by Crippen LogP contribution is -2.48. The highest BCUT2D eigenvalue weighted by molar-refractivity contribution is 5.98. The average Bonchev–Trinajstić information content (AvgIpc) is 3.81. The first-order chi connectivity index (χ1) is 30.9. The number of amides is 5. The van der Waals surface area contributed by atoms with Gasteiger partial charge in [-0.3, -0.25) is 14.4 Å². The third-order valence-electron chi connectivity index (χ3n) is 11.3. The normalized spacial score (nSPS) is 17.3. The fourth-order valence-electron chi connectivity index (χ4n) is 7.92. The van der Waals surface area contributed by atoms with Gasteiger partial charge in [-0.15, -0.1) is 10.2 Å². The minimum atomic E-state index is -0.891. The molecule has 6 rings (SSSR count). The number of nitrogens with zero attached hydrogens (tertiary/aromatic N) is 4. The Balaban J connectivity index is 1.10. The van der Waals surface area contributed by atoms with E-state index in [0.29, 0.717) is 74.7 Å². The van der Waals surface area contributed by atoms with Gasteiger partial charge in [0.2, 0.25) is 17.6 Å². The number of aromatic amines is 1. The highest BCUT2D eigenvalue weighted by atomic mass is 16.6. The minimum absolute atomic E-state index is 0.0854. The first kappa shape index (κ1) is 47.9. The highest BCUT2D eigenvalue weighted by Crippen LogP contribution is 2.33. The number of carbonyl (C=O) groups excluding carboxylic acids is 5. The number of alkyl carbamates (subject to hydrolysis) is 1. The highest BCUT2D eigenvalue weighted by Gasteiger charge is 2.31. The number of anilines is 1. The number of likely N-dealkylation sites (tertiary alicyclic amines) is 1. The van der Waals surface area contributed by atoms with Gasteiger partial charge < -0.3 is 40.4 Å². The number of carbonyl (C=O) groups is 5. The summed E-state index contributed by atoms with van der Waals surface area (Å²) in [7, 11) is 0. The summed E-state index contributed by atoms with van der Waals surface area (Å²) < 4.78 is 16.9. The molecule has 4 aromatic rings. The van der Waals surface area contributed by atoms with E-state index >= 15 is 0 Å². The van der Waals surface area contributed by atoms with E-state index in [1.807, 2.05) is 78.8 Å². The summed E-state index contributed by atoms with van der Waals surface area (Å²) in [6, 6.07) is 19.2. The van der Waals surface area contributed by atoms with E-state index in [9.17, 15) is 24.0 Å². The lowest BCUT2D eigenvalue weighted by Gasteiger charge is -2.33. The lowest BCUT2D eigenvalue weighted by atomic mass is 9.81. The molecular formula is C48H63N9O8. The van der Waals surface area contributed by atoms with Crippen LogP contribution in [-0.2, 0) is 25.5 Å². The lowest BCUT2D eigenvalue weighted by molar-refractivity contribution is -0.130. The monoisotopic (exact) mass is 893 g/mol. The Morgan fingerprint density at radius 3 is 2.09 bits per heavy atom. The molecule has 3 aromatic carbocycles. The van der Waals surface area contributed by atoms with Gasteiger partial charge in [0.15, 0.2) is 0 Å². The Labute approximate surface area is 380 Å². The molecule has 2 aliphatic rings. The maximum absolute atomic E-state index is 14.0. The van der Waals surface area contributed by atoms with Crippen molar-refractivity contribution < 1.29 is 38.2 Å². The van der Waals surface area contributed by atoms with E-state index in [-0.39, 0.29) is 48.1 Å². The number of hydrogen-bond acceptors (Lipinski definition) is 11. The number of ether oxygens (including phenoxy) is 3. The molecule has 1 saturated carbocycles. The van der Waals surface area contributed by atoms with Gasteiger partial charge in [0, 0.05) is 60.4 Å². The van der Waals surface area contributed by atoms with Gasteiger partial charge in [-0.25, -0.2) is 9.59 Å². The first-order valence-electron chi connectivity index (χ1n) is 22.5. The van der Waals surface area contributed by atoms with Crippen molar-refractivity contribution >= 4 is 35.6 Å². The number of tetrazole rings is 1. The van der Waals surface area contributed by atoms with E-state index in [1.165, 1.54) is 0 Å². The third-order valence-corrected chi connectivity index (χ3v) is 11.3. The SMILES string of the molecule is CCOc1cc(C(=O)NC2CCN(C(=O)OC(C)(C)C)CC2)ccc1-c1ccc(CC(NC(=O)C2CCC(CNC(=O)OC(C)(C)C)CC2)C(=O)Nc2ccc(-c3nn[nH]n3)cc2)cc1. The molecule has 348 valence electrons. The average molecular weight is 894 g/mol. The standard InChI is InChI=1S/C48H63N9O8/c1-8-63-40-28-35(43(59)50-37-23-25-57(26-24-37)46(62)65-48(5,6)7)19-22-38(40)32-13-9-30(10-14-32)27-39(44(60)51-36-20-17-33(18-21-36)41-53-55-56-54-41)52-42(58)34-15-11-31(12-16-34)29-49-45(61)64-47(2,3)4/h9-10,13-14,17-22,28,31,34,37,39H,8,11-12,15-16,23-27,29H2,1-7H3,(H,49,61)(H,50,59)(H,51,60)(H,52,58)(H,53,54,55,56). The number of piperidine rings is 1. The molecule has 5 N–H and O–H groups in total. The Morgan fingerprint density at radius 1 is 0.815 bits per heavy atom. The second kappa shape index (κ2) is 21.4. The van der Waals surface area contributed by atoms with Crippen LogP contribution in [0.2, 0.25) is 0 Å². The van der Waals surface area contributed by atoms with E-state index < -0.39 is 23.3 Å². The van der Waals surface area contributed by atoms with Crippen molar-refractivity contribution in [3.63, 3.8) is 0 Å². The van der Waals surface area contributed by atoms with Gasteiger partial charge in [-0.05, 0) is 152 Å². The van der Waals surface area contributed by atoms with Crippen LogP contribution in [0.5, 0.6) is 5.75 Å². The summed E-state index contributed by atoms with van der Waals surface area (Å²) in [5.74, 6) is 0.138. The molecule has 0 radical (unpaired) electrons. The zero-order valence-electron chi connectivity index (χ0n) is 38.5. The topological polar surface area (TPSA) is 219 Å². The van der Waals surface area contributed by atoms with Crippen LogP contribution in [0.15, 0.2) is 66.7 Å². The molecule has 1 unspecified atom stereocenters. The number of rotatable bonds is 14. The van der Waals surface area contributed by atoms with Crippen molar-refractivity contribution in [2.75, 3.05) is 31.6 Å². The van der Waals surface area contributed by atoms with E-state index in [1.54, 1.807) is 41.3 Å². The number of aromatic nitrogens is 4. The van der Waals surface area contributed by atoms with Crippen LogP contribution in [0.25, 0.3) is 22.5 Å². The second-order valence-electron chi connectivity index (χ2n) is 18.7. The molecule has 65 heavy (non-hydrogen) atoms. The summed E-state index contributed by atoms with van der Waals surface area (Å²) in [5.41, 5.74) is 3.03. The van der Waals surface area contributed by atoms with Gasteiger partial charge in [0.25, 0.3) is 5.91 Å². The molecule has 0 bridgehead atoms. The molecule has 1 saturated heterocycles. The van der Waals surface area contributed by atoms with Gasteiger partial charge in [0.05, 0.1) is 6.61 Å². The Kier molecular flexibility index (Phi) is 15.8. The summed E-state index contributed by atoms with van der Waals surface area (Å²) in [5, 5.41) is 26.0. The molecule has 2 heterocycles. The Bertz CT molecular complexity index is 2240. The molecule has 2 fully saturated rings. The number of H-pyrrole nitrogens is 1. The van der Waals surface area contributed by atoms with Crippen LogP contribution in [0.4, 0.5) is 15.3 Å². The van der Waals surface area contributed by atoms with Gasteiger partial charge in [0.1, 0.15) is 23.0 Å². The third kappa shape index (κ3) is 14.2. The predicted octanol–water partition coefficient (Wildman–Crippen LogP) is 7.06. The maximum atomic E-state index is 14.0. The van der Waals surface area contributed by atoms with Crippen molar-refractivity contribution in [1.82, 2.24) is 41.5 Å². The fraction of sp³-hybridized carbons (Fsp3) is 0.500. The van der Waals surface area contributed by atoms with Gasteiger partial charge in [-0.2, -0.15) is 5.21 Å². The molecule has 1 aromatic heterocycles. The first-order valence-corrected chi connectivity index (χ1v) is 22.5. The molecule has 5 amide bonds. The summed E-state index contributed by atoms with van der Waals surface area (Å²) >= 11 is 0. The second-order valence-corrected chi connectivity index (χ2v) is 18.7. The zero-order chi connectivity index (χ0) is 46.7. The predicted molar refractivity (Wildman–Crippen MR) is 245 cm³/mol. The summed E-state index contributed by atoms with van der Waals surface area (Å²) in [6.07, 6.45) is 3.43. The molecule has 17 heteroatoms. The minimum Gasteiger partial charge on any atom is -0.493 e. The number of nitrogens with one attached hydrogen (secondary N) is 5. The zero-order valence-corrected chi connectivity index (χ0v) is 38.5. The molecule has 17 nitrogen and oxygen atoms in total. The summed E-state index contributed by atoms with van der Waals surface area (Å²) in [4.78, 5) is 67.6. The van der Waals surface area contributed by atoms with Crippen molar-refractivity contribution in [3.05, 3.63) is 77.9 Å². The number of hydrogen-bond donors (Lipinski definition) is 5. The summed E-state index contributed by atoms with van der Waals surface area (Å²) in [6.45, 7) is 14.7. The van der Waals surface area contributed by atoms with Crippen LogP contribution < -0.4 is 26.0 Å². The van der Waals surface area contributed by atoms with Gasteiger partial charge in [-0.1, -0.05) is 24.3 Å². The molecular weight excluding hydrogens is 831 g/mol. The molecule has 1 aliphatic carbocycles. The molecule has 1 atom stereocenters. The Morgan fingerprint density at radius 2 is 1.48 bits per heavy atom. The van der Waals surface area contributed by atoms with Crippen LogP contribution in [0.1, 0.15) is 103 Å². The van der Waals surface area contributed by atoms with Crippen molar-refractivity contribution in [3.8, 4) is 28.3 Å².